The number of aliphatic hydroxyl groups excluding tert-OH is 1. The third-order valence-electron chi connectivity index (χ3n) is 2.26. The Morgan fingerprint density at radius 3 is 2.29 bits per heavy atom. The predicted molar refractivity (Wildman–Crippen MR) is 58.5 cm³/mol. The lowest BCUT2D eigenvalue weighted by Gasteiger charge is -2.13. The van der Waals surface area contributed by atoms with Gasteiger partial charge in [0.05, 0.1) is 4.90 Å². The molecule has 0 aromatic heterocycles. The zero-order valence-electron chi connectivity index (χ0n) is 9.21. The molecule has 1 aromatic rings. The second-order valence-electron chi connectivity index (χ2n) is 3.69. The van der Waals surface area contributed by atoms with E-state index in [1.807, 2.05) is 0 Å². The molecule has 0 aliphatic carbocycles. The molecule has 0 aliphatic rings. The summed E-state index contributed by atoms with van der Waals surface area (Å²) >= 11 is 0. The average molecular weight is 260 g/mol. The lowest BCUT2D eigenvalue weighted by atomic mass is 10.1. The van der Waals surface area contributed by atoms with Gasteiger partial charge in [-0.05, 0) is 24.6 Å². The van der Waals surface area contributed by atoms with Crippen molar-refractivity contribution in [1.29, 1.82) is 0 Å². The first-order valence-electron chi connectivity index (χ1n) is 4.59. The maximum atomic E-state index is 11.5. The van der Waals surface area contributed by atoms with Crippen molar-refractivity contribution in [2.75, 3.05) is 6.26 Å². The van der Waals surface area contributed by atoms with Gasteiger partial charge in [0.25, 0.3) is 0 Å². The minimum absolute atomic E-state index is 0.271. The number of phenolic OH excluding ortho intramolecular Hbond substituents is 1. The summed E-state index contributed by atoms with van der Waals surface area (Å²) in [4.78, 5) is 10.3. The maximum Gasteiger partial charge on any atom is 0.337 e. The normalized spacial score (nSPS) is 13.4. The van der Waals surface area contributed by atoms with Crippen LogP contribution in [0.4, 0.5) is 0 Å². The van der Waals surface area contributed by atoms with Gasteiger partial charge in [0, 0.05) is 11.8 Å². The molecule has 0 spiro atoms. The van der Waals surface area contributed by atoms with Crippen LogP contribution in [0, 0.1) is 6.92 Å². The zero-order chi connectivity index (χ0) is 13.4. The smallest absolute Gasteiger partial charge is 0.337 e. The number of hydrogen-bond acceptors (Lipinski definition) is 5. The molecule has 1 rings (SSSR count). The van der Waals surface area contributed by atoms with Crippen molar-refractivity contribution in [3.05, 3.63) is 23.3 Å². The lowest BCUT2D eigenvalue weighted by molar-refractivity contribution is -0.147. The maximum absolute atomic E-state index is 11.5. The van der Waals surface area contributed by atoms with Crippen LogP contribution in [-0.2, 0) is 14.6 Å². The Morgan fingerprint density at radius 1 is 1.35 bits per heavy atom. The van der Waals surface area contributed by atoms with E-state index in [0.29, 0.717) is 0 Å². The van der Waals surface area contributed by atoms with Crippen LogP contribution in [0.3, 0.4) is 0 Å². The minimum Gasteiger partial charge on any atom is -0.508 e. The van der Waals surface area contributed by atoms with Gasteiger partial charge in [0.2, 0.25) is 0 Å². The van der Waals surface area contributed by atoms with Crippen molar-refractivity contribution in [2.45, 2.75) is 17.9 Å². The topological polar surface area (TPSA) is 112 Å². The molecule has 1 atom stereocenters. The monoisotopic (exact) mass is 260 g/mol. The summed E-state index contributed by atoms with van der Waals surface area (Å²) in [5, 5.41) is 27.5. The number of aliphatic hydroxyl groups is 1. The van der Waals surface area contributed by atoms with Crippen molar-refractivity contribution >= 4 is 15.8 Å². The van der Waals surface area contributed by atoms with Gasteiger partial charge in [0.15, 0.2) is 15.9 Å². The van der Waals surface area contributed by atoms with E-state index in [9.17, 15) is 23.4 Å². The molecule has 7 heteroatoms. The summed E-state index contributed by atoms with van der Waals surface area (Å²) in [6, 6.07) is 2.08. The number of sulfone groups is 1. The molecular weight excluding hydrogens is 248 g/mol. The highest BCUT2D eigenvalue weighted by atomic mass is 32.2. The number of carbonyl (C=O) groups is 1. The molecule has 0 saturated carbocycles. The fraction of sp³-hybridized carbons (Fsp3) is 0.300. The van der Waals surface area contributed by atoms with Crippen molar-refractivity contribution in [3.8, 4) is 5.75 Å². The molecule has 1 unspecified atom stereocenters. The minimum atomic E-state index is -3.69. The van der Waals surface area contributed by atoms with E-state index < -0.39 is 21.9 Å². The van der Waals surface area contributed by atoms with E-state index in [0.717, 1.165) is 18.4 Å². The number of carboxylic acid groups (broad SMARTS) is 1. The van der Waals surface area contributed by atoms with Crippen molar-refractivity contribution in [3.63, 3.8) is 0 Å². The summed E-state index contributed by atoms with van der Waals surface area (Å²) < 4.78 is 22.9. The molecule has 17 heavy (non-hydrogen) atoms. The van der Waals surface area contributed by atoms with Crippen LogP contribution in [0.25, 0.3) is 0 Å². The van der Waals surface area contributed by atoms with Crippen LogP contribution in [0.1, 0.15) is 17.2 Å². The molecule has 0 saturated heterocycles. The number of carboxylic acids is 1. The van der Waals surface area contributed by atoms with E-state index in [2.05, 4.69) is 0 Å². The molecule has 1 aromatic carbocycles. The van der Waals surface area contributed by atoms with Gasteiger partial charge >= 0.3 is 5.97 Å². The van der Waals surface area contributed by atoms with Crippen molar-refractivity contribution in [1.82, 2.24) is 0 Å². The standard InChI is InChI=1S/C10H12O6S/c1-5-3-8(17(2,15)16)6(4-7(5)11)9(12)10(13)14/h3-4,9,11-12H,1-2H3,(H,13,14). The number of aliphatic carboxylic acids is 1. The second kappa shape index (κ2) is 4.34. The fourth-order valence-electron chi connectivity index (χ4n) is 1.35. The molecule has 0 fully saturated rings. The van der Waals surface area contributed by atoms with Gasteiger partial charge < -0.3 is 15.3 Å². The van der Waals surface area contributed by atoms with Crippen LogP contribution in [0.5, 0.6) is 5.75 Å². The number of hydrogen-bond donors (Lipinski definition) is 3. The SMILES string of the molecule is Cc1cc(S(C)(=O)=O)c(C(O)C(=O)O)cc1O. The van der Waals surface area contributed by atoms with Gasteiger partial charge in [-0.1, -0.05) is 0 Å². The molecule has 6 nitrogen and oxygen atoms in total. The second-order valence-corrected chi connectivity index (χ2v) is 5.67. The van der Waals surface area contributed by atoms with Gasteiger partial charge in [-0.2, -0.15) is 0 Å². The zero-order valence-corrected chi connectivity index (χ0v) is 10.0. The molecule has 0 radical (unpaired) electrons. The third-order valence-corrected chi connectivity index (χ3v) is 3.41. The van der Waals surface area contributed by atoms with Crippen molar-refractivity contribution < 1.29 is 28.5 Å². The molecule has 94 valence electrons. The fourth-order valence-corrected chi connectivity index (χ4v) is 2.34. The molecular formula is C10H12O6S. The van der Waals surface area contributed by atoms with Gasteiger partial charge in [-0.25, -0.2) is 13.2 Å². The van der Waals surface area contributed by atoms with Crippen LogP contribution < -0.4 is 0 Å². The van der Waals surface area contributed by atoms with Crippen LogP contribution in [-0.4, -0.2) is 36.0 Å². The Labute approximate surface area is 98.1 Å². The first-order valence-corrected chi connectivity index (χ1v) is 6.48. The average Bonchev–Trinajstić information content (AvgIpc) is 2.18. The van der Waals surface area contributed by atoms with Crippen LogP contribution in [0.2, 0.25) is 0 Å². The summed E-state index contributed by atoms with van der Waals surface area (Å²) in [7, 11) is -3.69. The van der Waals surface area contributed by atoms with E-state index in [-0.39, 0.29) is 21.8 Å². The summed E-state index contributed by atoms with van der Waals surface area (Å²) in [6.07, 6.45) is -1.09. The highest BCUT2D eigenvalue weighted by Crippen LogP contribution is 2.29. The molecule has 0 aliphatic heterocycles. The van der Waals surface area contributed by atoms with Gasteiger partial charge in [-0.3, -0.25) is 0 Å². The van der Waals surface area contributed by atoms with Crippen LogP contribution >= 0.6 is 0 Å². The highest BCUT2D eigenvalue weighted by molar-refractivity contribution is 7.90. The lowest BCUT2D eigenvalue weighted by Crippen LogP contribution is -2.15. The highest BCUT2D eigenvalue weighted by Gasteiger charge is 2.25. The quantitative estimate of drug-likeness (QED) is 0.716. The van der Waals surface area contributed by atoms with Gasteiger partial charge in [0.1, 0.15) is 5.75 Å². The molecule has 0 heterocycles. The van der Waals surface area contributed by atoms with E-state index in [1.165, 1.54) is 6.92 Å². The predicted octanol–water partition coefficient (Wildman–Crippen LogP) is 0.222. The van der Waals surface area contributed by atoms with Gasteiger partial charge in [-0.15, -0.1) is 0 Å². The Kier molecular flexibility index (Phi) is 3.44. The Morgan fingerprint density at radius 2 is 1.88 bits per heavy atom. The van der Waals surface area contributed by atoms with E-state index in [4.69, 9.17) is 5.11 Å². The Balaban J connectivity index is 3.58. The first-order chi connectivity index (χ1) is 7.64. The largest absolute Gasteiger partial charge is 0.508 e. The number of phenols is 1. The number of rotatable bonds is 3. The molecule has 3 N–H and O–H groups in total. The number of aromatic hydroxyl groups is 1. The summed E-state index contributed by atoms with van der Waals surface area (Å²) in [6.45, 7) is 1.47. The first kappa shape index (κ1) is 13.5. The Bertz CT molecular complexity index is 560. The van der Waals surface area contributed by atoms with Crippen LogP contribution in [0.15, 0.2) is 17.0 Å². The number of aryl methyl sites for hydroxylation is 1. The molecule has 0 bridgehead atoms. The summed E-state index contributed by atoms with van der Waals surface area (Å²) in [5.74, 6) is -1.86. The van der Waals surface area contributed by atoms with E-state index >= 15 is 0 Å². The van der Waals surface area contributed by atoms with E-state index in [1.54, 1.807) is 0 Å². The third kappa shape index (κ3) is 2.75. The number of benzene rings is 1. The van der Waals surface area contributed by atoms with Crippen molar-refractivity contribution in [2.24, 2.45) is 0 Å². The molecule has 0 amide bonds. The Hall–Kier alpha value is -1.60. The summed E-state index contributed by atoms with van der Waals surface area (Å²) in [5.41, 5.74) is -0.0603.